The van der Waals surface area contributed by atoms with Crippen LogP contribution in [0.2, 0.25) is 0 Å². The summed E-state index contributed by atoms with van der Waals surface area (Å²) in [6.07, 6.45) is 11.8. The summed E-state index contributed by atoms with van der Waals surface area (Å²) in [5, 5.41) is 14.6. The molecule has 3 saturated carbocycles. The zero-order valence-electron chi connectivity index (χ0n) is 20.6. The van der Waals surface area contributed by atoms with Gasteiger partial charge < -0.3 is 19.3 Å². The molecule has 1 aromatic carbocycles. The highest BCUT2D eigenvalue weighted by Crippen LogP contribution is 2.66. The lowest BCUT2D eigenvalue weighted by atomic mass is 9.69. The van der Waals surface area contributed by atoms with Crippen LogP contribution in [0.5, 0.6) is 0 Å². The largest absolute Gasteiger partial charge is 0.478 e. The third-order valence-electron chi connectivity index (χ3n) is 9.56. The van der Waals surface area contributed by atoms with Crippen molar-refractivity contribution >= 4 is 32.7 Å². The molecule has 1 N–H and O–H groups in total. The van der Waals surface area contributed by atoms with Gasteiger partial charge in [0.25, 0.3) is 0 Å². The highest BCUT2D eigenvalue weighted by Gasteiger charge is 2.54. The maximum atomic E-state index is 14.6. The van der Waals surface area contributed by atoms with E-state index >= 15 is 0 Å². The number of fused-ring (bicyclic) bond motifs is 3. The highest BCUT2D eigenvalue weighted by atomic mass is 32.1. The number of rotatable bonds is 7. The molecule has 0 amide bonds. The lowest BCUT2D eigenvalue weighted by Gasteiger charge is -2.39. The fourth-order valence-electron chi connectivity index (χ4n) is 7.22. The van der Waals surface area contributed by atoms with Gasteiger partial charge in [0.15, 0.2) is 10.9 Å². The zero-order valence-corrected chi connectivity index (χ0v) is 21.4. The second-order valence-corrected chi connectivity index (χ2v) is 13.1. The van der Waals surface area contributed by atoms with Gasteiger partial charge in [0.2, 0.25) is 0 Å². The van der Waals surface area contributed by atoms with E-state index < -0.39 is 11.8 Å². The zero-order chi connectivity index (χ0) is 24.9. The summed E-state index contributed by atoms with van der Waals surface area (Å²) in [6.45, 7) is 0.586. The fraction of sp³-hybridized carbons (Fsp3) is 0.607. The summed E-state index contributed by atoms with van der Waals surface area (Å²) in [7, 11) is 0. The Morgan fingerprint density at radius 2 is 1.92 bits per heavy atom. The number of halogens is 1. The Balaban J connectivity index is 0.986. The van der Waals surface area contributed by atoms with Crippen molar-refractivity contribution in [3.05, 3.63) is 40.5 Å². The smallest absolute Gasteiger partial charge is 0.335 e. The van der Waals surface area contributed by atoms with Crippen LogP contribution < -0.4 is 4.90 Å². The lowest BCUT2D eigenvalue weighted by Crippen LogP contribution is -2.45. The summed E-state index contributed by atoms with van der Waals surface area (Å²) < 4.78 is 27.6. The molecule has 2 aromatic heterocycles. The summed E-state index contributed by atoms with van der Waals surface area (Å²) in [4.78, 5) is 18.3. The van der Waals surface area contributed by atoms with Crippen LogP contribution in [0.1, 0.15) is 103 Å². The topological polar surface area (TPSA) is 88.7 Å². The van der Waals surface area contributed by atoms with E-state index in [0.717, 1.165) is 48.3 Å². The van der Waals surface area contributed by atoms with Crippen LogP contribution in [0.25, 0.3) is 10.2 Å². The number of carboxylic acids is 1. The summed E-state index contributed by atoms with van der Waals surface area (Å²) in [5.41, 5.74) is 3.25. The van der Waals surface area contributed by atoms with E-state index in [1.807, 2.05) is 0 Å². The molecule has 2 saturated heterocycles. The first-order valence-electron chi connectivity index (χ1n) is 13.7. The maximum absolute atomic E-state index is 14.6. The second kappa shape index (κ2) is 7.99. The number of piperidine rings is 1. The van der Waals surface area contributed by atoms with Gasteiger partial charge in [-0.25, -0.2) is 14.2 Å². The standard InChI is InChI=1S/C28H30FN3O4S/c29-21-7-15(26(33)34)8-22-24(21)30-27(37-22)32-17-3-4-18(32)10-19(9-17)35-13-20-23(16-11-28(12-16)5-6-28)31-36-25(20)14-1-2-14/h7-8,14,16-19H,1-6,9-13H2,(H,33,34)/t17-,18+,19+. The quantitative estimate of drug-likeness (QED) is 0.385. The number of hydrogen-bond acceptors (Lipinski definition) is 7. The Hall–Kier alpha value is -2.52. The van der Waals surface area contributed by atoms with Crippen molar-refractivity contribution in [3.8, 4) is 0 Å². The number of nitrogens with zero attached hydrogens (tertiary/aromatic N) is 3. The minimum absolute atomic E-state index is 0.0387. The minimum atomic E-state index is -1.13. The van der Waals surface area contributed by atoms with Crippen LogP contribution in [0.3, 0.4) is 0 Å². The van der Waals surface area contributed by atoms with Gasteiger partial charge >= 0.3 is 5.97 Å². The average molecular weight is 524 g/mol. The molecule has 7 nitrogen and oxygen atoms in total. The van der Waals surface area contributed by atoms with Crippen LogP contribution in [0, 0.1) is 11.2 Å². The van der Waals surface area contributed by atoms with Crippen molar-refractivity contribution in [1.82, 2.24) is 10.1 Å². The molecule has 9 heteroatoms. The normalized spacial score (nSPS) is 28.2. The fourth-order valence-corrected chi connectivity index (χ4v) is 8.38. The van der Waals surface area contributed by atoms with Crippen LogP contribution >= 0.6 is 11.3 Å². The predicted molar refractivity (Wildman–Crippen MR) is 136 cm³/mol. The molecule has 5 aliphatic rings. The molecule has 4 heterocycles. The first-order chi connectivity index (χ1) is 18.0. The van der Waals surface area contributed by atoms with Gasteiger partial charge in [-0.05, 0) is 81.8 Å². The first kappa shape index (κ1) is 22.5. The molecule has 194 valence electrons. The Kier molecular flexibility index (Phi) is 4.85. The van der Waals surface area contributed by atoms with Crippen molar-refractivity contribution in [2.45, 2.75) is 101 Å². The number of carboxylic acid groups (broad SMARTS) is 1. The minimum Gasteiger partial charge on any atom is -0.478 e. The number of benzene rings is 1. The summed E-state index contributed by atoms with van der Waals surface area (Å²) in [5.74, 6) is 0.437. The van der Waals surface area contributed by atoms with Crippen LogP contribution in [0.15, 0.2) is 16.7 Å². The number of hydrogen-bond donors (Lipinski definition) is 1. The molecule has 8 rings (SSSR count). The second-order valence-electron chi connectivity index (χ2n) is 12.1. The molecule has 3 aromatic rings. The molecule has 5 fully saturated rings. The molecule has 3 aliphatic carbocycles. The SMILES string of the molecule is O=C(O)c1cc(F)c2nc(N3[C@@H]4CC[C@H]3C[C@@H](OCc3c(C5CC6(CC6)C5)noc3C3CC3)C4)sc2c1. The molecule has 0 unspecified atom stereocenters. The molecule has 3 atom stereocenters. The lowest BCUT2D eigenvalue weighted by molar-refractivity contribution is 0.0138. The Morgan fingerprint density at radius 3 is 2.59 bits per heavy atom. The third-order valence-corrected chi connectivity index (χ3v) is 10.6. The monoisotopic (exact) mass is 523 g/mol. The average Bonchev–Trinajstić information content (AvgIpc) is 3.75. The van der Waals surface area contributed by atoms with Gasteiger partial charge in [0, 0.05) is 29.5 Å². The van der Waals surface area contributed by atoms with E-state index in [2.05, 4.69) is 15.0 Å². The Morgan fingerprint density at radius 1 is 1.16 bits per heavy atom. The van der Waals surface area contributed by atoms with E-state index in [-0.39, 0.29) is 17.2 Å². The number of ether oxygens (including phenoxy) is 1. The van der Waals surface area contributed by atoms with Gasteiger partial charge in [-0.1, -0.05) is 16.5 Å². The molecule has 0 radical (unpaired) electrons. The van der Waals surface area contributed by atoms with Crippen LogP contribution in [-0.4, -0.2) is 39.4 Å². The molecule has 2 bridgehead atoms. The summed E-state index contributed by atoms with van der Waals surface area (Å²) in [6, 6.07) is 3.20. The van der Waals surface area contributed by atoms with Crippen LogP contribution in [0.4, 0.5) is 9.52 Å². The van der Waals surface area contributed by atoms with Crippen molar-refractivity contribution < 1.29 is 23.6 Å². The molecule has 1 spiro atoms. The van der Waals surface area contributed by atoms with Gasteiger partial charge in [-0.3, -0.25) is 0 Å². The molecular weight excluding hydrogens is 493 g/mol. The number of aromatic carboxylic acids is 1. The van der Waals surface area contributed by atoms with Crippen molar-refractivity contribution in [2.75, 3.05) is 4.90 Å². The van der Waals surface area contributed by atoms with E-state index in [9.17, 15) is 14.3 Å². The maximum Gasteiger partial charge on any atom is 0.335 e. The van der Waals surface area contributed by atoms with Crippen LogP contribution in [-0.2, 0) is 11.3 Å². The Bertz CT molecular complexity index is 1390. The van der Waals surface area contributed by atoms with Crippen molar-refractivity contribution in [2.24, 2.45) is 5.41 Å². The van der Waals surface area contributed by atoms with E-state index in [4.69, 9.17) is 9.26 Å². The number of thiazole rings is 1. The van der Waals surface area contributed by atoms with Crippen molar-refractivity contribution in [1.29, 1.82) is 0 Å². The van der Waals surface area contributed by atoms with E-state index in [0.29, 0.717) is 40.6 Å². The summed E-state index contributed by atoms with van der Waals surface area (Å²) >= 11 is 1.39. The highest BCUT2D eigenvalue weighted by molar-refractivity contribution is 7.22. The molecular formula is C28H30FN3O4S. The van der Waals surface area contributed by atoms with Gasteiger partial charge in [0.05, 0.1) is 28.7 Å². The number of anilines is 1. The van der Waals surface area contributed by atoms with Gasteiger partial charge in [0.1, 0.15) is 11.3 Å². The van der Waals surface area contributed by atoms with Gasteiger partial charge in [-0.2, -0.15) is 0 Å². The van der Waals surface area contributed by atoms with Crippen molar-refractivity contribution in [3.63, 3.8) is 0 Å². The predicted octanol–water partition coefficient (Wildman–Crippen LogP) is 6.37. The van der Waals surface area contributed by atoms with E-state index in [1.54, 1.807) is 0 Å². The van der Waals surface area contributed by atoms with E-state index in [1.165, 1.54) is 61.5 Å². The number of aromatic nitrogens is 2. The first-order valence-corrected chi connectivity index (χ1v) is 14.5. The third kappa shape index (κ3) is 3.72. The number of carbonyl (C=O) groups is 1. The Labute approximate surface area is 218 Å². The molecule has 37 heavy (non-hydrogen) atoms. The van der Waals surface area contributed by atoms with Gasteiger partial charge in [-0.15, -0.1) is 0 Å². The molecule has 2 aliphatic heterocycles.